The van der Waals surface area contributed by atoms with Gasteiger partial charge in [-0.3, -0.25) is 19.4 Å². The zero-order chi connectivity index (χ0) is 44.1. The zero-order valence-electron chi connectivity index (χ0n) is 36.8. The van der Waals surface area contributed by atoms with Gasteiger partial charge in [0.25, 0.3) is 0 Å². The van der Waals surface area contributed by atoms with Crippen molar-refractivity contribution in [2.45, 2.75) is 142 Å². The maximum atomic E-state index is 14.5. The number of thiophene rings is 1. The fourth-order valence-electron chi connectivity index (χ4n) is 8.89. The summed E-state index contributed by atoms with van der Waals surface area (Å²) in [5, 5.41) is 28.6. The molecule has 0 aliphatic carbocycles. The van der Waals surface area contributed by atoms with Crippen LogP contribution in [-0.2, 0) is 49.5 Å². The molecule has 1 amide bonds. The number of aliphatic hydroxyl groups is 2. The topological polar surface area (TPSA) is 188 Å². The summed E-state index contributed by atoms with van der Waals surface area (Å²) in [7, 11) is 3.74. The third-order valence-corrected chi connectivity index (χ3v) is 13.2. The van der Waals surface area contributed by atoms with Gasteiger partial charge >= 0.3 is 5.97 Å². The molecule has 3 saturated heterocycles. The largest absolute Gasteiger partial charge is 0.459 e. The highest BCUT2D eigenvalue weighted by molar-refractivity contribution is 7.15. The van der Waals surface area contributed by atoms with E-state index in [4.69, 9.17) is 28.5 Å². The second kappa shape index (κ2) is 20.1. The fourth-order valence-corrected chi connectivity index (χ4v) is 9.79. The summed E-state index contributed by atoms with van der Waals surface area (Å²) in [5.74, 6) is -5.28. The fraction of sp³-hybridized carbons (Fsp3) is 0.682. The van der Waals surface area contributed by atoms with Gasteiger partial charge in [-0.15, -0.1) is 11.3 Å². The van der Waals surface area contributed by atoms with E-state index in [-0.39, 0.29) is 44.8 Å². The molecule has 2 N–H and O–H groups in total. The molecule has 0 aromatic carbocycles. The van der Waals surface area contributed by atoms with Crippen LogP contribution in [0.25, 0.3) is 10.6 Å². The minimum Gasteiger partial charge on any atom is -0.459 e. The first-order valence-electron chi connectivity index (χ1n) is 20.9. The van der Waals surface area contributed by atoms with Gasteiger partial charge in [0.05, 0.1) is 47.7 Å². The lowest BCUT2D eigenvalue weighted by molar-refractivity contribution is -0.296. The van der Waals surface area contributed by atoms with Gasteiger partial charge in [-0.1, -0.05) is 38.9 Å². The van der Waals surface area contributed by atoms with E-state index >= 15 is 0 Å². The number of aliphatic hydroxyl groups excluding tert-OH is 1. The van der Waals surface area contributed by atoms with Crippen molar-refractivity contribution in [1.82, 2.24) is 9.88 Å². The van der Waals surface area contributed by atoms with E-state index < -0.39 is 83.2 Å². The first-order valence-corrected chi connectivity index (χ1v) is 21.7. The van der Waals surface area contributed by atoms with Crippen LogP contribution in [0.15, 0.2) is 46.7 Å². The Morgan fingerprint density at radius 3 is 2.45 bits per heavy atom. The number of Topliss-reactive ketones (excluding diaryl/α,β-unsaturated/α-hetero) is 1. The number of aliphatic imine (C=N–C) groups is 1. The normalized spacial score (nSPS) is 37.6. The summed E-state index contributed by atoms with van der Waals surface area (Å²) >= 11 is 1.52. The Bertz CT molecular complexity index is 1850. The number of nitrogens with zero attached hydrogens (tertiary/aromatic N) is 4. The quantitative estimate of drug-likeness (QED) is 0.200. The molecular formula is C44H64N4O11S. The Morgan fingerprint density at radius 1 is 1.07 bits per heavy atom. The minimum absolute atomic E-state index is 0.132. The number of cyclic esters (lactones) is 1. The summed E-state index contributed by atoms with van der Waals surface area (Å²) in [4.78, 5) is 59.9. The van der Waals surface area contributed by atoms with Crippen LogP contribution in [0.1, 0.15) is 86.5 Å². The molecule has 5 heterocycles. The number of amides is 1. The summed E-state index contributed by atoms with van der Waals surface area (Å²) < 4.78 is 32.5. The van der Waals surface area contributed by atoms with Crippen molar-refractivity contribution in [1.29, 1.82) is 0 Å². The highest BCUT2D eigenvalue weighted by atomic mass is 32.1. The summed E-state index contributed by atoms with van der Waals surface area (Å²) in [6.07, 6.45) is -3.33. The average molecular weight is 857 g/mol. The van der Waals surface area contributed by atoms with E-state index in [1.807, 2.05) is 70.1 Å². The highest BCUT2D eigenvalue weighted by Gasteiger charge is 2.53. The molecule has 2 aromatic rings. The van der Waals surface area contributed by atoms with Crippen molar-refractivity contribution < 1.29 is 53.1 Å². The predicted molar refractivity (Wildman–Crippen MR) is 226 cm³/mol. The van der Waals surface area contributed by atoms with Crippen LogP contribution in [0.2, 0.25) is 0 Å². The smallest absolute Gasteiger partial charge is 0.316 e. The van der Waals surface area contributed by atoms with Crippen molar-refractivity contribution in [2.24, 2.45) is 33.8 Å². The van der Waals surface area contributed by atoms with Crippen LogP contribution < -0.4 is 0 Å². The van der Waals surface area contributed by atoms with Crippen LogP contribution in [-0.4, -0.2) is 131 Å². The molecule has 13 atom stereocenters. The van der Waals surface area contributed by atoms with Crippen LogP contribution in [0.5, 0.6) is 0 Å². The third kappa shape index (κ3) is 10.9. The number of carbonyl (C=O) groups excluding carboxylic acids is 3. The van der Waals surface area contributed by atoms with E-state index in [0.717, 1.165) is 15.4 Å². The van der Waals surface area contributed by atoms with Crippen LogP contribution in [0, 0.1) is 23.7 Å². The summed E-state index contributed by atoms with van der Waals surface area (Å²) in [6, 6.07) is 9.32. The Balaban J connectivity index is 1.64. The molecule has 3 aliphatic rings. The van der Waals surface area contributed by atoms with Gasteiger partial charge in [-0.05, 0) is 91.2 Å². The number of hydrogen-bond acceptors (Lipinski definition) is 15. The SMILES string of the molecule is CC[C@H]1OC(=O)[C@H](C)C(=O)[C@H](C)[C@@H](O[C@@H]2O[C@H](C)C[C@H](N(C)C)[C@H]2O)[C@]2(C)C[C@@H](C)C(=NC(C)=O)[C@H](C)[C@@H](OC/C(=N/OCc3ccc(-c4ccccn4)s3)CO2)[C@]1(C)O. The first-order chi connectivity index (χ1) is 28.3. The number of oxime groups is 1. The van der Waals surface area contributed by atoms with E-state index in [0.29, 0.717) is 17.8 Å². The monoisotopic (exact) mass is 856 g/mol. The van der Waals surface area contributed by atoms with Gasteiger partial charge in [0.2, 0.25) is 5.91 Å². The molecule has 5 rings (SSSR count). The van der Waals surface area contributed by atoms with Crippen molar-refractivity contribution in [2.75, 3.05) is 27.3 Å². The molecule has 332 valence electrons. The van der Waals surface area contributed by atoms with Crippen molar-refractivity contribution in [3.8, 4) is 10.6 Å². The Morgan fingerprint density at radius 2 is 1.80 bits per heavy atom. The van der Waals surface area contributed by atoms with E-state index in [1.54, 1.807) is 27.0 Å². The van der Waals surface area contributed by atoms with Gasteiger partial charge in [-0.2, -0.15) is 0 Å². The van der Waals surface area contributed by atoms with Crippen molar-refractivity contribution in [3.05, 3.63) is 41.4 Å². The number of ketones is 1. The third-order valence-electron chi connectivity index (χ3n) is 12.1. The highest BCUT2D eigenvalue weighted by Crippen LogP contribution is 2.40. The molecule has 2 bridgehead atoms. The maximum absolute atomic E-state index is 14.5. The van der Waals surface area contributed by atoms with Crippen molar-refractivity contribution >= 4 is 40.4 Å². The molecule has 0 saturated carbocycles. The predicted octanol–water partition coefficient (Wildman–Crippen LogP) is 5.25. The van der Waals surface area contributed by atoms with Gasteiger partial charge in [0.15, 0.2) is 18.7 Å². The number of carbonyl (C=O) groups is 3. The molecule has 60 heavy (non-hydrogen) atoms. The number of pyridine rings is 1. The lowest BCUT2D eigenvalue weighted by atomic mass is 9.73. The van der Waals surface area contributed by atoms with Gasteiger partial charge < -0.3 is 43.6 Å². The number of rotatable bonds is 8. The van der Waals surface area contributed by atoms with Crippen LogP contribution in [0.4, 0.5) is 0 Å². The molecular weight excluding hydrogens is 793 g/mol. The van der Waals surface area contributed by atoms with Crippen LogP contribution >= 0.6 is 11.3 Å². The van der Waals surface area contributed by atoms with Gasteiger partial charge in [0, 0.05) is 41.6 Å². The maximum Gasteiger partial charge on any atom is 0.316 e. The lowest BCUT2D eigenvalue weighted by Gasteiger charge is -2.47. The number of aromatic nitrogens is 1. The van der Waals surface area contributed by atoms with Crippen molar-refractivity contribution in [3.63, 3.8) is 0 Å². The Hall–Kier alpha value is -3.48. The van der Waals surface area contributed by atoms with Gasteiger partial charge in [0.1, 0.15) is 29.4 Å². The zero-order valence-corrected chi connectivity index (χ0v) is 37.6. The number of ether oxygens (including phenoxy) is 5. The minimum atomic E-state index is -1.84. The molecule has 0 spiro atoms. The molecule has 0 unspecified atom stereocenters. The van der Waals surface area contributed by atoms with E-state index in [1.165, 1.54) is 32.1 Å². The molecule has 16 heteroatoms. The number of likely N-dealkylation sites (N-methyl/N-ethyl adjacent to an activating group) is 1. The summed E-state index contributed by atoms with van der Waals surface area (Å²) in [6.45, 7) is 15.0. The lowest BCUT2D eigenvalue weighted by Crippen LogP contribution is -2.60. The average Bonchev–Trinajstić information content (AvgIpc) is 3.67. The van der Waals surface area contributed by atoms with Gasteiger partial charge in [-0.25, -0.2) is 4.99 Å². The van der Waals surface area contributed by atoms with E-state index in [2.05, 4.69) is 15.1 Å². The number of hydrogen-bond donors (Lipinski definition) is 2. The number of fused-ring (bicyclic) bond motifs is 5. The Labute approximate surface area is 357 Å². The van der Waals surface area contributed by atoms with E-state index in [9.17, 15) is 24.6 Å². The molecule has 0 radical (unpaired) electrons. The second-order valence-corrected chi connectivity index (χ2v) is 18.5. The Kier molecular flexibility index (Phi) is 16.0. The second-order valence-electron chi connectivity index (χ2n) is 17.3. The molecule has 3 fully saturated rings. The molecule has 3 aliphatic heterocycles. The molecule has 2 aromatic heterocycles. The summed E-state index contributed by atoms with van der Waals surface area (Å²) in [5.41, 5.74) is -1.66. The first kappa shape index (κ1) is 47.6. The molecule has 15 nitrogen and oxygen atoms in total. The van der Waals surface area contributed by atoms with Crippen LogP contribution in [0.3, 0.4) is 0 Å². The number of esters is 1. The standard InChI is InChI=1S/C44H64N4O11S/c1-12-35-44(9,53)40-26(4)36(46-29(7)49)24(2)20-43(8,55-22-30(21-54-40)47-56-23-31-16-17-34(60-31)32-15-13-14-18-45-32)39(27(5)37(50)28(6)41(52)58-35)59-42-38(51)33(48(10)11)19-25(3)57-42/h13-18,24-28,33,35,38-40,42,51,53H,12,19-23H2,1-11H3/b46-36?,47-30-/t24-,25-,26+,27+,28-,33+,35-,38-,39-,40-,42+,43+,44-/m1/s1.